The van der Waals surface area contributed by atoms with E-state index in [1.54, 1.807) is 36.4 Å². The Bertz CT molecular complexity index is 977. The Morgan fingerprint density at radius 2 is 1.94 bits per heavy atom. The van der Waals surface area contributed by atoms with Crippen molar-refractivity contribution in [1.82, 2.24) is 4.90 Å². The van der Waals surface area contributed by atoms with Crippen molar-refractivity contribution >= 4 is 17.4 Å². The van der Waals surface area contributed by atoms with Gasteiger partial charge in [0.1, 0.15) is 30.6 Å². The fourth-order valence-corrected chi connectivity index (χ4v) is 4.33. The van der Waals surface area contributed by atoms with Gasteiger partial charge in [-0.15, -0.1) is 0 Å². The quantitative estimate of drug-likeness (QED) is 0.339. The van der Waals surface area contributed by atoms with Gasteiger partial charge < -0.3 is 28.8 Å². The molecule has 2 saturated heterocycles. The molecule has 2 aromatic rings. The first-order valence-electron chi connectivity index (χ1n) is 11.5. The molecule has 3 heterocycles. The average Bonchev–Trinajstić information content (AvgIpc) is 3.46. The zero-order valence-electron chi connectivity index (χ0n) is 18.9. The Labute approximate surface area is 193 Å². The Balaban J connectivity index is 1.58. The highest BCUT2D eigenvalue weighted by Gasteiger charge is 2.45. The smallest absolute Gasteiger partial charge is 0.295 e. The van der Waals surface area contributed by atoms with Crippen LogP contribution < -0.4 is 14.7 Å². The Hall–Kier alpha value is -3.10. The molecule has 33 heavy (non-hydrogen) atoms. The molecular formula is C25H30N2O6. The van der Waals surface area contributed by atoms with Crippen molar-refractivity contribution in [3.05, 3.63) is 59.6 Å². The third-order valence-corrected chi connectivity index (χ3v) is 6.06. The molecule has 0 aliphatic carbocycles. The SMILES string of the molecule is CCCOc1ccc(/C([O-])=C2\C(=O)C(=O)N(CCC[NH+]3CCOCC3)C2c2ccco2)cc1. The second kappa shape index (κ2) is 10.7. The predicted octanol–water partition coefficient (Wildman–Crippen LogP) is 0.598. The number of morpholine rings is 1. The summed E-state index contributed by atoms with van der Waals surface area (Å²) in [4.78, 5) is 28.8. The number of carbonyl (C=O) groups is 2. The molecule has 8 heteroatoms. The molecule has 1 aromatic carbocycles. The van der Waals surface area contributed by atoms with Crippen molar-refractivity contribution in [3.63, 3.8) is 0 Å². The minimum absolute atomic E-state index is 0.0594. The lowest BCUT2D eigenvalue weighted by molar-refractivity contribution is -0.908. The van der Waals surface area contributed by atoms with E-state index in [9.17, 15) is 14.7 Å². The van der Waals surface area contributed by atoms with Crippen molar-refractivity contribution in [3.8, 4) is 5.75 Å². The molecule has 1 amide bonds. The van der Waals surface area contributed by atoms with Crippen LogP contribution in [0.5, 0.6) is 5.75 Å². The number of nitrogens with one attached hydrogen (secondary N) is 1. The van der Waals surface area contributed by atoms with Gasteiger partial charge in [0.2, 0.25) is 5.78 Å². The number of hydrogen-bond acceptors (Lipinski definition) is 6. The standard InChI is InChI=1S/C25H30N2O6/c1-2-14-32-19-8-6-18(7-9-19)23(28)21-22(20-5-3-15-33-20)27(25(30)24(21)29)11-4-10-26-12-16-31-17-13-26/h3,5-9,15,22,28H,2,4,10-14,16-17H2,1H3/b23-21+. The summed E-state index contributed by atoms with van der Waals surface area (Å²) in [5, 5.41) is 13.4. The number of ketones is 1. The van der Waals surface area contributed by atoms with Crippen LogP contribution in [-0.2, 0) is 14.3 Å². The number of hydrogen-bond donors (Lipinski definition) is 1. The monoisotopic (exact) mass is 454 g/mol. The highest BCUT2D eigenvalue weighted by Crippen LogP contribution is 2.39. The zero-order chi connectivity index (χ0) is 23.2. The molecule has 176 valence electrons. The zero-order valence-corrected chi connectivity index (χ0v) is 18.9. The number of furan rings is 1. The van der Waals surface area contributed by atoms with Crippen molar-refractivity contribution in [2.75, 3.05) is 46.0 Å². The van der Waals surface area contributed by atoms with E-state index in [2.05, 4.69) is 0 Å². The van der Waals surface area contributed by atoms with Gasteiger partial charge in [0.25, 0.3) is 5.91 Å². The van der Waals surface area contributed by atoms with E-state index in [0.717, 1.165) is 45.7 Å². The highest BCUT2D eigenvalue weighted by molar-refractivity contribution is 6.46. The highest BCUT2D eigenvalue weighted by atomic mass is 16.5. The normalized spacial score (nSPS) is 21.0. The van der Waals surface area contributed by atoms with Gasteiger partial charge in [0.05, 0.1) is 32.6 Å². The minimum atomic E-state index is -0.816. The number of likely N-dealkylation sites (tertiary alicyclic amines) is 1. The van der Waals surface area contributed by atoms with Crippen LogP contribution in [0.4, 0.5) is 0 Å². The lowest BCUT2D eigenvalue weighted by Gasteiger charge is -2.27. The van der Waals surface area contributed by atoms with E-state index < -0.39 is 23.5 Å². The summed E-state index contributed by atoms with van der Waals surface area (Å²) < 4.78 is 16.5. The summed E-state index contributed by atoms with van der Waals surface area (Å²) in [7, 11) is 0. The molecule has 2 aliphatic heterocycles. The fourth-order valence-electron chi connectivity index (χ4n) is 4.33. The topological polar surface area (TPSA) is 96.5 Å². The molecule has 2 aliphatic rings. The predicted molar refractivity (Wildman–Crippen MR) is 118 cm³/mol. The van der Waals surface area contributed by atoms with Gasteiger partial charge in [-0.1, -0.05) is 24.8 Å². The third-order valence-electron chi connectivity index (χ3n) is 6.06. The van der Waals surface area contributed by atoms with Crippen LogP contribution in [0.2, 0.25) is 0 Å². The summed E-state index contributed by atoms with van der Waals surface area (Å²) in [6, 6.07) is 9.24. The molecule has 0 saturated carbocycles. The van der Waals surface area contributed by atoms with Crippen LogP contribution in [0.25, 0.3) is 5.76 Å². The molecule has 0 radical (unpaired) electrons. The Morgan fingerprint density at radius 1 is 1.18 bits per heavy atom. The summed E-state index contributed by atoms with van der Waals surface area (Å²) in [5.41, 5.74) is 0.280. The molecule has 0 spiro atoms. The third kappa shape index (κ3) is 5.12. The molecule has 1 aromatic heterocycles. The van der Waals surface area contributed by atoms with Gasteiger partial charge in [-0.25, -0.2) is 0 Å². The van der Waals surface area contributed by atoms with Gasteiger partial charge in [-0.2, -0.15) is 0 Å². The number of Topliss-reactive ketones (excluding diaryl/α,β-unsaturated/α-hetero) is 1. The fraction of sp³-hybridized carbons (Fsp3) is 0.440. The van der Waals surface area contributed by atoms with E-state index in [4.69, 9.17) is 13.9 Å². The van der Waals surface area contributed by atoms with E-state index in [1.165, 1.54) is 16.1 Å². The van der Waals surface area contributed by atoms with Crippen LogP contribution in [0, 0.1) is 0 Å². The second-order valence-electron chi connectivity index (χ2n) is 8.33. The lowest BCUT2D eigenvalue weighted by atomic mass is 9.99. The molecule has 1 atom stereocenters. The summed E-state index contributed by atoms with van der Waals surface area (Å²) in [5.74, 6) is -0.801. The first-order valence-corrected chi connectivity index (χ1v) is 11.5. The van der Waals surface area contributed by atoms with Gasteiger partial charge in [0, 0.05) is 18.5 Å². The van der Waals surface area contributed by atoms with E-state index in [0.29, 0.717) is 30.2 Å². The van der Waals surface area contributed by atoms with Gasteiger partial charge in [-0.05, 0) is 36.2 Å². The number of amides is 1. The number of rotatable bonds is 9. The van der Waals surface area contributed by atoms with E-state index in [-0.39, 0.29) is 5.57 Å². The largest absolute Gasteiger partial charge is 0.872 e. The molecule has 4 rings (SSSR count). The van der Waals surface area contributed by atoms with Crippen LogP contribution in [-0.4, -0.2) is 62.6 Å². The average molecular weight is 455 g/mol. The maximum atomic E-state index is 13.4. The first-order chi connectivity index (χ1) is 16.1. The molecule has 8 nitrogen and oxygen atoms in total. The summed E-state index contributed by atoms with van der Waals surface area (Å²) in [6.45, 7) is 7.18. The molecule has 1 unspecified atom stereocenters. The van der Waals surface area contributed by atoms with Crippen molar-refractivity contribution < 1.29 is 33.5 Å². The van der Waals surface area contributed by atoms with Crippen LogP contribution in [0.1, 0.15) is 37.1 Å². The van der Waals surface area contributed by atoms with Gasteiger partial charge in [0.15, 0.2) is 0 Å². The van der Waals surface area contributed by atoms with E-state index in [1.807, 2.05) is 6.92 Å². The van der Waals surface area contributed by atoms with Crippen molar-refractivity contribution in [2.24, 2.45) is 0 Å². The molecule has 0 bridgehead atoms. The summed E-state index contributed by atoms with van der Waals surface area (Å²) in [6.07, 6.45) is 3.08. The van der Waals surface area contributed by atoms with Gasteiger partial charge >= 0.3 is 0 Å². The van der Waals surface area contributed by atoms with Crippen LogP contribution in [0.15, 0.2) is 52.7 Å². The van der Waals surface area contributed by atoms with Gasteiger partial charge in [-0.3, -0.25) is 9.59 Å². The first kappa shape index (κ1) is 23.1. The maximum absolute atomic E-state index is 13.4. The number of ether oxygens (including phenoxy) is 2. The number of quaternary nitrogens is 1. The number of carbonyl (C=O) groups excluding carboxylic acids is 2. The Kier molecular flexibility index (Phi) is 7.47. The molecule has 2 fully saturated rings. The number of benzene rings is 1. The maximum Gasteiger partial charge on any atom is 0.295 e. The van der Waals surface area contributed by atoms with Crippen LogP contribution in [0.3, 0.4) is 0 Å². The van der Waals surface area contributed by atoms with E-state index >= 15 is 0 Å². The van der Waals surface area contributed by atoms with Crippen LogP contribution >= 0.6 is 0 Å². The second-order valence-corrected chi connectivity index (χ2v) is 8.33. The molecular weight excluding hydrogens is 424 g/mol. The summed E-state index contributed by atoms with van der Waals surface area (Å²) >= 11 is 0. The minimum Gasteiger partial charge on any atom is -0.872 e. The van der Waals surface area contributed by atoms with Crippen molar-refractivity contribution in [1.29, 1.82) is 0 Å². The van der Waals surface area contributed by atoms with Crippen molar-refractivity contribution in [2.45, 2.75) is 25.8 Å². The molecule has 1 N–H and O–H groups in total. The Morgan fingerprint density at radius 3 is 2.61 bits per heavy atom. The lowest BCUT2D eigenvalue weighted by Crippen LogP contribution is -3.14. The number of nitrogens with zero attached hydrogens (tertiary/aromatic N) is 1.